The summed E-state index contributed by atoms with van der Waals surface area (Å²) < 4.78 is 10.9. The second-order valence-electron chi connectivity index (χ2n) is 7.85. The average Bonchev–Trinajstić information content (AvgIpc) is 3.57. The maximum Gasteiger partial charge on any atom is 0.295 e. The van der Waals surface area contributed by atoms with Crippen LogP contribution in [0.25, 0.3) is 16.7 Å². The Morgan fingerprint density at radius 1 is 1.12 bits per heavy atom. The number of Topliss-reactive ketones (excluding diaryl/α,β-unsaturated/α-hetero) is 1. The third-order valence-corrected chi connectivity index (χ3v) is 6.00. The number of methoxy groups -OCH3 is 1. The van der Waals surface area contributed by atoms with E-state index in [4.69, 9.17) is 9.15 Å². The standard InChI is InChI=1S/C26H22N2O5/c1-32-18-9-10-20-19(14-18)17(15-27-20)11-12-28-23(21-8-5-13-33-21)22(25(30)26(28)31)24(29)16-6-3-2-4-7-16/h2-10,13-15,23,27,29H,11-12H2,1H3/t23-/m0/s1. The minimum Gasteiger partial charge on any atom is -0.507 e. The highest BCUT2D eigenvalue weighted by molar-refractivity contribution is 6.46. The van der Waals surface area contributed by atoms with Crippen LogP contribution in [0.4, 0.5) is 0 Å². The van der Waals surface area contributed by atoms with E-state index in [1.807, 2.05) is 30.5 Å². The molecule has 166 valence electrons. The Labute approximate surface area is 189 Å². The highest BCUT2D eigenvalue weighted by Gasteiger charge is 2.47. The molecule has 4 aromatic rings. The molecule has 5 rings (SSSR count). The zero-order valence-electron chi connectivity index (χ0n) is 17.9. The Morgan fingerprint density at radius 3 is 2.67 bits per heavy atom. The molecule has 0 radical (unpaired) electrons. The van der Waals surface area contributed by atoms with Gasteiger partial charge in [0.1, 0.15) is 23.3 Å². The van der Waals surface area contributed by atoms with Gasteiger partial charge in [0.15, 0.2) is 0 Å². The molecule has 0 spiro atoms. The van der Waals surface area contributed by atoms with Crippen molar-refractivity contribution in [2.75, 3.05) is 13.7 Å². The number of aliphatic hydroxyl groups excluding tert-OH is 1. The van der Waals surface area contributed by atoms with Crippen molar-refractivity contribution in [3.63, 3.8) is 0 Å². The van der Waals surface area contributed by atoms with Gasteiger partial charge in [-0.1, -0.05) is 30.3 Å². The fraction of sp³-hybridized carbons (Fsp3) is 0.154. The highest BCUT2D eigenvalue weighted by Crippen LogP contribution is 2.39. The predicted molar refractivity (Wildman–Crippen MR) is 123 cm³/mol. The maximum atomic E-state index is 13.0. The number of aromatic nitrogens is 1. The molecular formula is C26H22N2O5. The first-order valence-corrected chi connectivity index (χ1v) is 10.6. The first kappa shape index (κ1) is 20.6. The number of ether oxygens (including phenoxy) is 1. The Kier molecular flexibility index (Phi) is 5.22. The molecule has 0 aliphatic carbocycles. The van der Waals surface area contributed by atoms with Crippen molar-refractivity contribution >= 4 is 28.4 Å². The van der Waals surface area contributed by atoms with Gasteiger partial charge >= 0.3 is 0 Å². The molecule has 0 unspecified atom stereocenters. The summed E-state index contributed by atoms with van der Waals surface area (Å²) >= 11 is 0. The highest BCUT2D eigenvalue weighted by atomic mass is 16.5. The molecule has 1 aliphatic rings. The lowest BCUT2D eigenvalue weighted by Crippen LogP contribution is -2.31. The van der Waals surface area contributed by atoms with Crippen LogP contribution in [0, 0.1) is 0 Å². The van der Waals surface area contributed by atoms with Crippen molar-refractivity contribution in [1.82, 2.24) is 9.88 Å². The van der Waals surface area contributed by atoms with E-state index in [1.165, 1.54) is 11.2 Å². The summed E-state index contributed by atoms with van der Waals surface area (Å²) in [6.45, 7) is 0.270. The number of nitrogens with zero attached hydrogens (tertiary/aromatic N) is 1. The summed E-state index contributed by atoms with van der Waals surface area (Å²) in [6, 6.07) is 17.1. The molecule has 33 heavy (non-hydrogen) atoms. The van der Waals surface area contributed by atoms with Gasteiger partial charge in [-0.3, -0.25) is 9.59 Å². The molecule has 7 nitrogen and oxygen atoms in total. The third-order valence-electron chi connectivity index (χ3n) is 6.00. The van der Waals surface area contributed by atoms with Gasteiger partial charge in [-0.25, -0.2) is 0 Å². The normalized spacial score (nSPS) is 17.7. The van der Waals surface area contributed by atoms with Crippen molar-refractivity contribution in [3.05, 3.63) is 95.6 Å². The van der Waals surface area contributed by atoms with Crippen LogP contribution in [0.1, 0.15) is 22.9 Å². The van der Waals surface area contributed by atoms with Crippen LogP contribution in [-0.4, -0.2) is 40.3 Å². The fourth-order valence-electron chi connectivity index (χ4n) is 4.34. The van der Waals surface area contributed by atoms with Crippen LogP contribution in [0.5, 0.6) is 5.75 Å². The number of hydrogen-bond acceptors (Lipinski definition) is 5. The molecule has 3 heterocycles. The van der Waals surface area contributed by atoms with Gasteiger partial charge in [0.05, 0.1) is 18.9 Å². The number of amides is 1. The lowest BCUT2D eigenvalue weighted by atomic mass is 9.99. The fourth-order valence-corrected chi connectivity index (χ4v) is 4.34. The lowest BCUT2D eigenvalue weighted by molar-refractivity contribution is -0.140. The number of hydrogen-bond donors (Lipinski definition) is 2. The van der Waals surface area contributed by atoms with Gasteiger partial charge in [0.25, 0.3) is 11.7 Å². The minimum absolute atomic E-state index is 0.0294. The zero-order valence-corrected chi connectivity index (χ0v) is 17.9. The smallest absolute Gasteiger partial charge is 0.295 e. The molecule has 1 aliphatic heterocycles. The largest absolute Gasteiger partial charge is 0.507 e. The monoisotopic (exact) mass is 442 g/mol. The molecule has 2 aromatic heterocycles. The van der Waals surface area contributed by atoms with E-state index in [9.17, 15) is 14.7 Å². The Hall–Kier alpha value is -4.26. The number of likely N-dealkylation sites (tertiary alicyclic amines) is 1. The van der Waals surface area contributed by atoms with Crippen molar-refractivity contribution in [1.29, 1.82) is 0 Å². The number of nitrogens with one attached hydrogen (secondary N) is 1. The Balaban J connectivity index is 1.52. The Bertz CT molecular complexity index is 1350. The van der Waals surface area contributed by atoms with Crippen LogP contribution in [0.2, 0.25) is 0 Å². The van der Waals surface area contributed by atoms with Gasteiger partial charge in [-0.15, -0.1) is 0 Å². The lowest BCUT2D eigenvalue weighted by Gasteiger charge is -2.23. The quantitative estimate of drug-likeness (QED) is 0.262. The number of aliphatic hydroxyl groups is 1. The van der Waals surface area contributed by atoms with Gasteiger partial charge in [0.2, 0.25) is 0 Å². The number of fused-ring (bicyclic) bond motifs is 1. The minimum atomic E-state index is -0.806. The van der Waals surface area contributed by atoms with Crippen molar-refractivity contribution in [3.8, 4) is 5.75 Å². The van der Waals surface area contributed by atoms with Gasteiger partial charge < -0.3 is 24.1 Å². The summed E-state index contributed by atoms with van der Waals surface area (Å²) in [4.78, 5) is 30.8. The van der Waals surface area contributed by atoms with Gasteiger partial charge in [0, 0.05) is 29.2 Å². The molecule has 1 atom stereocenters. The number of rotatable bonds is 6. The van der Waals surface area contributed by atoms with E-state index in [0.717, 1.165) is 22.2 Å². The number of aromatic amines is 1. The molecular weight excluding hydrogens is 420 g/mol. The number of ketones is 1. The average molecular weight is 442 g/mol. The van der Waals surface area contributed by atoms with Gasteiger partial charge in [-0.2, -0.15) is 0 Å². The van der Waals surface area contributed by atoms with Crippen LogP contribution in [-0.2, 0) is 16.0 Å². The van der Waals surface area contributed by atoms with Crippen LogP contribution >= 0.6 is 0 Å². The Morgan fingerprint density at radius 2 is 1.94 bits per heavy atom. The molecule has 1 amide bonds. The zero-order chi connectivity index (χ0) is 22.9. The molecule has 2 N–H and O–H groups in total. The predicted octanol–water partition coefficient (Wildman–Crippen LogP) is 4.43. The summed E-state index contributed by atoms with van der Waals surface area (Å²) in [7, 11) is 1.61. The van der Waals surface area contributed by atoms with Crippen molar-refractivity contribution < 1.29 is 23.8 Å². The number of benzene rings is 2. The molecule has 1 saturated heterocycles. The topological polar surface area (TPSA) is 95.8 Å². The SMILES string of the molecule is COc1ccc2[nH]cc(CCN3C(=O)C(=O)C(=C(O)c4ccccc4)[C@@H]3c3ccco3)c2c1. The van der Waals surface area contributed by atoms with E-state index in [1.54, 1.807) is 43.5 Å². The van der Waals surface area contributed by atoms with Gasteiger partial charge in [-0.05, 0) is 42.3 Å². The van der Waals surface area contributed by atoms with Crippen LogP contribution < -0.4 is 4.74 Å². The molecule has 0 bridgehead atoms. The van der Waals surface area contributed by atoms with Crippen LogP contribution in [0.15, 0.2) is 83.1 Å². The number of H-pyrrole nitrogens is 1. The van der Waals surface area contributed by atoms with Crippen molar-refractivity contribution in [2.24, 2.45) is 0 Å². The third kappa shape index (κ3) is 3.57. The summed E-state index contributed by atoms with van der Waals surface area (Å²) in [6.07, 6.45) is 3.89. The second-order valence-corrected chi connectivity index (χ2v) is 7.85. The van der Waals surface area contributed by atoms with Crippen molar-refractivity contribution in [2.45, 2.75) is 12.5 Å². The second kappa shape index (κ2) is 8.35. The molecule has 2 aromatic carbocycles. The van der Waals surface area contributed by atoms with E-state index in [2.05, 4.69) is 4.98 Å². The summed E-state index contributed by atoms with van der Waals surface area (Å²) in [5.74, 6) is -0.436. The first-order valence-electron chi connectivity index (χ1n) is 10.6. The maximum absolute atomic E-state index is 13.0. The number of furan rings is 1. The van der Waals surface area contributed by atoms with E-state index in [0.29, 0.717) is 17.7 Å². The van der Waals surface area contributed by atoms with E-state index >= 15 is 0 Å². The summed E-state index contributed by atoms with van der Waals surface area (Å²) in [5.41, 5.74) is 2.45. The van der Waals surface area contributed by atoms with E-state index in [-0.39, 0.29) is 17.9 Å². The van der Waals surface area contributed by atoms with Crippen LogP contribution in [0.3, 0.4) is 0 Å². The summed E-state index contributed by atoms with van der Waals surface area (Å²) in [5, 5.41) is 12.0. The molecule has 1 fully saturated rings. The number of carbonyl (C=O) groups excluding carboxylic acids is 2. The number of carbonyl (C=O) groups is 2. The first-order chi connectivity index (χ1) is 16.1. The molecule has 0 saturated carbocycles. The molecule has 7 heteroatoms. The van der Waals surface area contributed by atoms with E-state index < -0.39 is 17.7 Å².